The van der Waals surface area contributed by atoms with E-state index in [9.17, 15) is 4.39 Å². The fourth-order valence-corrected chi connectivity index (χ4v) is 2.10. The Kier molecular flexibility index (Phi) is 2.40. The minimum Gasteiger partial charge on any atom is -0.495 e. The summed E-state index contributed by atoms with van der Waals surface area (Å²) in [5.41, 5.74) is 6.36. The predicted molar refractivity (Wildman–Crippen MR) is 57.8 cm³/mol. The molecule has 1 saturated carbocycles. The number of benzene rings is 1. The second kappa shape index (κ2) is 3.35. The van der Waals surface area contributed by atoms with Crippen LogP contribution in [0.5, 0.6) is 5.75 Å². The van der Waals surface area contributed by atoms with Crippen molar-refractivity contribution < 1.29 is 9.13 Å². The van der Waals surface area contributed by atoms with E-state index in [1.54, 1.807) is 13.0 Å². The van der Waals surface area contributed by atoms with Gasteiger partial charge in [-0.3, -0.25) is 0 Å². The summed E-state index contributed by atoms with van der Waals surface area (Å²) in [7, 11) is 1.48. The molecule has 0 radical (unpaired) electrons. The highest BCUT2D eigenvalue weighted by molar-refractivity contribution is 6.32. The van der Waals surface area contributed by atoms with Crippen LogP contribution in [0.3, 0.4) is 0 Å². The maximum Gasteiger partial charge on any atom is 0.145 e. The quantitative estimate of drug-likeness (QED) is 0.847. The zero-order valence-corrected chi connectivity index (χ0v) is 9.49. The molecular formula is C11H13ClFNO. The van der Waals surface area contributed by atoms with Gasteiger partial charge in [-0.1, -0.05) is 11.6 Å². The third-order valence-corrected chi connectivity index (χ3v) is 3.12. The van der Waals surface area contributed by atoms with E-state index < -0.39 is 5.54 Å². The van der Waals surface area contributed by atoms with Crippen LogP contribution in [0.25, 0.3) is 0 Å². The Bertz CT molecular complexity index is 416. The topological polar surface area (TPSA) is 35.2 Å². The number of methoxy groups -OCH3 is 1. The van der Waals surface area contributed by atoms with Gasteiger partial charge >= 0.3 is 0 Å². The Morgan fingerprint density at radius 2 is 2.13 bits per heavy atom. The summed E-state index contributed by atoms with van der Waals surface area (Å²) >= 11 is 5.99. The van der Waals surface area contributed by atoms with Crippen LogP contribution in [-0.2, 0) is 5.54 Å². The van der Waals surface area contributed by atoms with Crippen molar-refractivity contribution >= 4 is 11.6 Å². The summed E-state index contributed by atoms with van der Waals surface area (Å²) in [5, 5.41) is 0.420. The van der Waals surface area contributed by atoms with Crippen molar-refractivity contribution in [2.45, 2.75) is 25.3 Å². The number of halogens is 2. The molecule has 0 aromatic heterocycles. The molecule has 2 nitrogen and oxygen atoms in total. The van der Waals surface area contributed by atoms with Gasteiger partial charge in [0, 0.05) is 5.54 Å². The van der Waals surface area contributed by atoms with Gasteiger partial charge in [-0.05, 0) is 31.4 Å². The second-order valence-electron chi connectivity index (χ2n) is 4.05. The van der Waals surface area contributed by atoms with E-state index in [0.717, 1.165) is 12.8 Å². The molecule has 0 saturated heterocycles. The predicted octanol–water partition coefficient (Wildman–Crippen LogP) is 2.74. The van der Waals surface area contributed by atoms with Crippen molar-refractivity contribution in [3.63, 3.8) is 0 Å². The van der Waals surface area contributed by atoms with Gasteiger partial charge in [0.05, 0.1) is 17.7 Å². The van der Waals surface area contributed by atoms with E-state index in [-0.39, 0.29) is 5.82 Å². The minimum atomic E-state index is -0.578. The Hall–Kier alpha value is -0.800. The van der Waals surface area contributed by atoms with Gasteiger partial charge in [0.1, 0.15) is 11.6 Å². The number of hydrogen-bond acceptors (Lipinski definition) is 2. The average Bonchev–Trinajstić information content (AvgIpc) is 2.90. The molecule has 2 N–H and O–H groups in total. The molecule has 4 heteroatoms. The van der Waals surface area contributed by atoms with E-state index in [1.807, 2.05) is 0 Å². The van der Waals surface area contributed by atoms with Gasteiger partial charge in [0.2, 0.25) is 0 Å². The first-order valence-electron chi connectivity index (χ1n) is 4.81. The first-order valence-corrected chi connectivity index (χ1v) is 5.19. The van der Waals surface area contributed by atoms with Crippen molar-refractivity contribution in [2.24, 2.45) is 5.73 Å². The van der Waals surface area contributed by atoms with E-state index in [0.29, 0.717) is 21.9 Å². The van der Waals surface area contributed by atoms with Crippen LogP contribution in [-0.4, -0.2) is 7.11 Å². The molecule has 0 aliphatic heterocycles. The monoisotopic (exact) mass is 229 g/mol. The van der Waals surface area contributed by atoms with Gasteiger partial charge in [-0.2, -0.15) is 0 Å². The Morgan fingerprint density at radius 1 is 1.53 bits per heavy atom. The number of hydrogen-bond donors (Lipinski definition) is 1. The summed E-state index contributed by atoms with van der Waals surface area (Å²) in [6.07, 6.45) is 1.56. The standard InChI is InChI=1S/C11H13ClFNO/c1-6-5-7(12)10(15-2)8(9(6)13)11(14)3-4-11/h5H,3-4,14H2,1-2H3. The first-order chi connectivity index (χ1) is 6.99. The molecule has 82 valence electrons. The van der Waals surface area contributed by atoms with Crippen molar-refractivity contribution in [3.8, 4) is 5.75 Å². The van der Waals surface area contributed by atoms with Gasteiger partial charge in [0.25, 0.3) is 0 Å². The third kappa shape index (κ3) is 1.60. The summed E-state index contributed by atoms with van der Waals surface area (Å²) in [4.78, 5) is 0. The van der Waals surface area contributed by atoms with Gasteiger partial charge in [-0.25, -0.2) is 4.39 Å². The fourth-order valence-electron chi connectivity index (χ4n) is 1.76. The first kappa shape index (κ1) is 10.7. The highest BCUT2D eigenvalue weighted by atomic mass is 35.5. The molecule has 1 aromatic carbocycles. The highest BCUT2D eigenvalue weighted by Gasteiger charge is 2.45. The number of ether oxygens (including phenoxy) is 1. The lowest BCUT2D eigenvalue weighted by Gasteiger charge is -2.17. The average molecular weight is 230 g/mol. The second-order valence-corrected chi connectivity index (χ2v) is 4.46. The van der Waals surface area contributed by atoms with Crippen molar-refractivity contribution in [2.75, 3.05) is 7.11 Å². The van der Waals surface area contributed by atoms with E-state index in [2.05, 4.69) is 0 Å². The highest BCUT2D eigenvalue weighted by Crippen LogP contribution is 2.50. The Labute approximate surface area is 93.2 Å². The molecule has 0 spiro atoms. The van der Waals surface area contributed by atoms with Crippen LogP contribution < -0.4 is 10.5 Å². The minimum absolute atomic E-state index is 0.295. The molecule has 15 heavy (non-hydrogen) atoms. The fraction of sp³-hybridized carbons (Fsp3) is 0.455. The maximum absolute atomic E-state index is 13.9. The maximum atomic E-state index is 13.9. The summed E-state index contributed by atoms with van der Waals surface area (Å²) in [5.74, 6) is 0.0796. The molecule has 0 atom stereocenters. The van der Waals surface area contributed by atoms with Crippen LogP contribution in [0.1, 0.15) is 24.0 Å². The molecule has 0 bridgehead atoms. The molecule has 0 amide bonds. The van der Waals surface area contributed by atoms with Crippen LogP contribution in [0.2, 0.25) is 5.02 Å². The zero-order valence-electron chi connectivity index (χ0n) is 8.73. The molecule has 0 unspecified atom stereocenters. The van der Waals surface area contributed by atoms with Gasteiger partial charge < -0.3 is 10.5 Å². The molecule has 2 rings (SSSR count). The Morgan fingerprint density at radius 3 is 2.60 bits per heavy atom. The molecular weight excluding hydrogens is 217 g/mol. The van der Waals surface area contributed by atoms with Crippen molar-refractivity contribution in [1.82, 2.24) is 0 Å². The normalized spacial score (nSPS) is 17.7. The van der Waals surface area contributed by atoms with Gasteiger partial charge in [-0.15, -0.1) is 0 Å². The zero-order chi connectivity index (χ0) is 11.2. The molecule has 1 aliphatic rings. The lowest BCUT2D eigenvalue weighted by Crippen LogP contribution is -2.22. The number of nitrogens with two attached hydrogens (primary N) is 1. The summed E-state index contributed by atoms with van der Waals surface area (Å²) in [6.45, 7) is 1.68. The van der Waals surface area contributed by atoms with E-state index in [4.69, 9.17) is 22.1 Å². The van der Waals surface area contributed by atoms with Crippen LogP contribution in [0.4, 0.5) is 4.39 Å². The molecule has 1 fully saturated rings. The smallest absolute Gasteiger partial charge is 0.145 e. The van der Waals surface area contributed by atoms with Crippen molar-refractivity contribution in [1.29, 1.82) is 0 Å². The number of aryl methyl sites for hydroxylation is 1. The number of rotatable bonds is 2. The largest absolute Gasteiger partial charge is 0.495 e. The van der Waals surface area contributed by atoms with Gasteiger partial charge in [0.15, 0.2) is 0 Å². The Balaban J connectivity index is 2.68. The van der Waals surface area contributed by atoms with Crippen molar-refractivity contribution in [3.05, 3.63) is 28.0 Å². The summed E-state index contributed by atoms with van der Waals surface area (Å²) in [6, 6.07) is 1.56. The molecule has 1 aromatic rings. The molecule has 1 aliphatic carbocycles. The van der Waals surface area contributed by atoms with E-state index >= 15 is 0 Å². The van der Waals surface area contributed by atoms with E-state index in [1.165, 1.54) is 7.11 Å². The van der Waals surface area contributed by atoms with Crippen LogP contribution >= 0.6 is 11.6 Å². The van der Waals surface area contributed by atoms with Crippen LogP contribution in [0.15, 0.2) is 6.07 Å². The molecule has 0 heterocycles. The SMILES string of the molecule is COc1c(Cl)cc(C)c(F)c1C1(N)CC1. The van der Waals surface area contributed by atoms with Crippen LogP contribution in [0, 0.1) is 12.7 Å². The third-order valence-electron chi connectivity index (χ3n) is 2.84. The lowest BCUT2D eigenvalue weighted by molar-refractivity contribution is 0.397. The lowest BCUT2D eigenvalue weighted by atomic mass is 10.0. The summed E-state index contributed by atoms with van der Waals surface area (Å²) < 4.78 is 19.1.